The van der Waals surface area contributed by atoms with Gasteiger partial charge in [0, 0.05) is 7.05 Å². The van der Waals surface area contributed by atoms with Crippen LogP contribution in [0.25, 0.3) is 0 Å². The number of ether oxygens (including phenoxy) is 1. The van der Waals surface area contributed by atoms with E-state index in [2.05, 4.69) is 17.2 Å². The predicted molar refractivity (Wildman–Crippen MR) is 76.2 cm³/mol. The first-order valence-electron chi connectivity index (χ1n) is 6.53. The number of rotatable bonds is 5. The van der Waals surface area contributed by atoms with Crippen LogP contribution in [0.4, 0.5) is 0 Å². The van der Waals surface area contributed by atoms with Gasteiger partial charge in [-0.15, -0.1) is 0 Å². The summed E-state index contributed by atoms with van der Waals surface area (Å²) in [6, 6.07) is 8.26. The second-order valence-electron chi connectivity index (χ2n) is 4.72. The molecule has 2 N–H and O–H groups in total. The molecule has 0 saturated carbocycles. The molecule has 0 saturated heterocycles. The van der Waals surface area contributed by atoms with Crippen LogP contribution in [0.3, 0.4) is 0 Å². The number of benzene rings is 1. The summed E-state index contributed by atoms with van der Waals surface area (Å²) in [5.41, 5.74) is 10.1. The zero-order chi connectivity index (χ0) is 13.8. The third kappa shape index (κ3) is 2.96. The van der Waals surface area contributed by atoms with E-state index in [1.54, 1.807) is 0 Å². The van der Waals surface area contributed by atoms with E-state index in [1.807, 2.05) is 37.7 Å². The maximum Gasteiger partial charge on any atom is 0.163 e. The van der Waals surface area contributed by atoms with Crippen molar-refractivity contribution in [1.82, 2.24) is 9.78 Å². The second-order valence-corrected chi connectivity index (χ2v) is 4.72. The second kappa shape index (κ2) is 5.89. The molecule has 0 spiro atoms. The summed E-state index contributed by atoms with van der Waals surface area (Å²) < 4.78 is 7.78. The molecule has 0 radical (unpaired) electrons. The molecular formula is C15H21N3O. The zero-order valence-corrected chi connectivity index (χ0v) is 11.8. The van der Waals surface area contributed by atoms with E-state index in [0.29, 0.717) is 13.2 Å². The van der Waals surface area contributed by atoms with E-state index in [4.69, 9.17) is 10.5 Å². The van der Waals surface area contributed by atoms with Crippen molar-refractivity contribution in [1.29, 1.82) is 0 Å². The highest BCUT2D eigenvalue weighted by molar-refractivity contribution is 5.33. The molecule has 2 rings (SSSR count). The lowest BCUT2D eigenvalue weighted by Crippen LogP contribution is -2.07. The van der Waals surface area contributed by atoms with E-state index in [1.165, 1.54) is 11.1 Å². The van der Waals surface area contributed by atoms with Crippen LogP contribution in [-0.4, -0.2) is 16.3 Å². The molecule has 0 aliphatic heterocycles. The average molecular weight is 259 g/mol. The molecule has 0 fully saturated rings. The van der Waals surface area contributed by atoms with Gasteiger partial charge in [0.1, 0.15) is 12.3 Å². The molecule has 4 nitrogen and oxygen atoms in total. The Kier molecular flexibility index (Phi) is 4.22. The highest BCUT2D eigenvalue weighted by atomic mass is 16.5. The van der Waals surface area contributed by atoms with Gasteiger partial charge in [0.15, 0.2) is 5.75 Å². The molecule has 0 atom stereocenters. The zero-order valence-electron chi connectivity index (χ0n) is 11.8. The van der Waals surface area contributed by atoms with Crippen molar-refractivity contribution in [2.45, 2.75) is 26.9 Å². The summed E-state index contributed by atoms with van der Waals surface area (Å²) in [7, 11) is 1.93. The fourth-order valence-corrected chi connectivity index (χ4v) is 2.21. The lowest BCUT2D eigenvalue weighted by molar-refractivity contribution is 0.300. The first kappa shape index (κ1) is 13.6. The Hall–Kier alpha value is -1.81. The van der Waals surface area contributed by atoms with E-state index in [0.717, 1.165) is 23.6 Å². The lowest BCUT2D eigenvalue weighted by Gasteiger charge is -2.10. The molecule has 1 aromatic carbocycles. The van der Waals surface area contributed by atoms with Crippen molar-refractivity contribution in [2.24, 2.45) is 12.8 Å². The van der Waals surface area contributed by atoms with Crippen molar-refractivity contribution < 1.29 is 4.74 Å². The summed E-state index contributed by atoms with van der Waals surface area (Å²) in [6.07, 6.45) is 0.880. The van der Waals surface area contributed by atoms with Gasteiger partial charge < -0.3 is 10.5 Å². The third-order valence-electron chi connectivity index (χ3n) is 3.35. The molecule has 0 aliphatic rings. The number of aromatic nitrogens is 2. The van der Waals surface area contributed by atoms with Crippen molar-refractivity contribution in [2.75, 3.05) is 6.54 Å². The maximum absolute atomic E-state index is 5.94. The summed E-state index contributed by atoms with van der Waals surface area (Å²) in [4.78, 5) is 0. The van der Waals surface area contributed by atoms with Crippen LogP contribution < -0.4 is 10.5 Å². The Balaban J connectivity index is 2.14. The number of nitrogens with two attached hydrogens (primary N) is 1. The van der Waals surface area contributed by atoms with Crippen molar-refractivity contribution in [3.8, 4) is 5.75 Å². The molecule has 4 heteroatoms. The summed E-state index contributed by atoms with van der Waals surface area (Å²) in [5, 5.41) is 4.35. The van der Waals surface area contributed by atoms with Crippen LogP contribution in [0.1, 0.15) is 22.5 Å². The third-order valence-corrected chi connectivity index (χ3v) is 3.35. The SMILES string of the molecule is Cc1nn(C)c(C)c1OCc1ccccc1CCN. The van der Waals surface area contributed by atoms with Crippen molar-refractivity contribution >= 4 is 0 Å². The van der Waals surface area contributed by atoms with Gasteiger partial charge in [0.25, 0.3) is 0 Å². The van der Waals surface area contributed by atoms with Crippen LogP contribution in [0.15, 0.2) is 24.3 Å². The molecule has 0 bridgehead atoms. The summed E-state index contributed by atoms with van der Waals surface area (Å²) in [6.45, 7) is 5.20. The quantitative estimate of drug-likeness (QED) is 0.894. The Morgan fingerprint density at radius 1 is 1.21 bits per heavy atom. The topological polar surface area (TPSA) is 53.1 Å². The normalized spacial score (nSPS) is 10.7. The standard InChI is InChI=1S/C15H21N3O/c1-11-15(12(2)18(3)17-11)19-10-14-7-5-4-6-13(14)8-9-16/h4-7H,8-10,16H2,1-3H3. The van der Waals surface area contributed by atoms with Crippen LogP contribution in [-0.2, 0) is 20.1 Å². The van der Waals surface area contributed by atoms with E-state index < -0.39 is 0 Å². The minimum atomic E-state index is 0.559. The van der Waals surface area contributed by atoms with Crippen LogP contribution >= 0.6 is 0 Å². The molecule has 19 heavy (non-hydrogen) atoms. The minimum Gasteiger partial charge on any atom is -0.485 e. The van der Waals surface area contributed by atoms with Gasteiger partial charge in [-0.1, -0.05) is 24.3 Å². The Morgan fingerprint density at radius 2 is 1.89 bits per heavy atom. The van der Waals surface area contributed by atoms with Gasteiger partial charge in [-0.2, -0.15) is 5.10 Å². The van der Waals surface area contributed by atoms with E-state index in [-0.39, 0.29) is 0 Å². The Labute approximate surface area is 114 Å². The van der Waals surface area contributed by atoms with Crippen molar-refractivity contribution in [3.63, 3.8) is 0 Å². The molecule has 0 aliphatic carbocycles. The Morgan fingerprint density at radius 3 is 2.47 bits per heavy atom. The predicted octanol–water partition coefficient (Wildman–Crippen LogP) is 2.12. The van der Waals surface area contributed by atoms with Crippen LogP contribution in [0.5, 0.6) is 5.75 Å². The van der Waals surface area contributed by atoms with Crippen LogP contribution in [0, 0.1) is 13.8 Å². The largest absolute Gasteiger partial charge is 0.485 e. The molecular weight excluding hydrogens is 238 g/mol. The molecule has 1 heterocycles. The fourth-order valence-electron chi connectivity index (χ4n) is 2.21. The van der Waals surface area contributed by atoms with Gasteiger partial charge in [0.2, 0.25) is 0 Å². The Bertz CT molecular complexity index is 561. The number of nitrogens with zero attached hydrogens (tertiary/aromatic N) is 2. The van der Waals surface area contributed by atoms with Gasteiger partial charge in [-0.25, -0.2) is 0 Å². The van der Waals surface area contributed by atoms with Gasteiger partial charge in [-0.05, 0) is 37.9 Å². The number of aryl methyl sites for hydroxylation is 2. The lowest BCUT2D eigenvalue weighted by atomic mass is 10.1. The van der Waals surface area contributed by atoms with E-state index >= 15 is 0 Å². The molecule has 1 aromatic heterocycles. The van der Waals surface area contributed by atoms with Crippen LogP contribution in [0.2, 0.25) is 0 Å². The monoisotopic (exact) mass is 259 g/mol. The average Bonchev–Trinajstić information content (AvgIpc) is 2.63. The first-order valence-corrected chi connectivity index (χ1v) is 6.53. The maximum atomic E-state index is 5.94. The highest BCUT2D eigenvalue weighted by Gasteiger charge is 2.11. The summed E-state index contributed by atoms with van der Waals surface area (Å²) >= 11 is 0. The fraction of sp³-hybridized carbons (Fsp3) is 0.400. The summed E-state index contributed by atoms with van der Waals surface area (Å²) in [5.74, 6) is 0.880. The van der Waals surface area contributed by atoms with Gasteiger partial charge in [0.05, 0.1) is 5.69 Å². The smallest absolute Gasteiger partial charge is 0.163 e. The molecule has 0 unspecified atom stereocenters. The highest BCUT2D eigenvalue weighted by Crippen LogP contribution is 2.23. The molecule has 102 valence electrons. The first-order chi connectivity index (χ1) is 9.13. The molecule has 0 amide bonds. The number of hydrogen-bond donors (Lipinski definition) is 1. The number of hydrogen-bond acceptors (Lipinski definition) is 3. The van der Waals surface area contributed by atoms with Crippen molar-refractivity contribution in [3.05, 3.63) is 46.8 Å². The van der Waals surface area contributed by atoms with Gasteiger partial charge in [-0.3, -0.25) is 4.68 Å². The minimum absolute atomic E-state index is 0.559. The van der Waals surface area contributed by atoms with E-state index in [9.17, 15) is 0 Å². The van der Waals surface area contributed by atoms with Gasteiger partial charge >= 0.3 is 0 Å². The molecule has 2 aromatic rings.